The van der Waals surface area contributed by atoms with E-state index in [0.29, 0.717) is 0 Å². The molecule has 1 aliphatic rings. The van der Waals surface area contributed by atoms with Gasteiger partial charge in [-0.2, -0.15) is 0 Å². The zero-order valence-corrected chi connectivity index (χ0v) is 32.8. The average Bonchev–Trinajstić information content (AvgIpc) is 3.24. The Morgan fingerprint density at radius 2 is 0.893 bits per heavy atom. The molecule has 0 amide bonds. The third-order valence-electron chi connectivity index (χ3n) is 10.9. The molecular weight excluding hydrogens is 675 g/mol. The van der Waals surface area contributed by atoms with Crippen molar-refractivity contribution in [2.75, 3.05) is 4.90 Å². The lowest BCUT2D eigenvalue weighted by atomic mass is 9.91. The summed E-state index contributed by atoms with van der Waals surface area (Å²) in [4.78, 5) is 2.40. The molecule has 1 nitrogen and oxygen atoms in total. The van der Waals surface area contributed by atoms with Gasteiger partial charge in [0.1, 0.15) is 0 Å². The first-order valence-corrected chi connectivity index (χ1v) is 20.0. The van der Waals surface area contributed by atoms with E-state index in [2.05, 4.69) is 220 Å². The van der Waals surface area contributed by atoms with Gasteiger partial charge in [0, 0.05) is 17.1 Å². The number of benzene rings is 7. The van der Waals surface area contributed by atoms with Gasteiger partial charge in [0.05, 0.1) is 0 Å². The van der Waals surface area contributed by atoms with E-state index in [-0.39, 0.29) is 0 Å². The highest BCUT2D eigenvalue weighted by molar-refractivity contribution is 5.92. The summed E-state index contributed by atoms with van der Waals surface area (Å²) in [7, 11) is 0. The van der Waals surface area contributed by atoms with Gasteiger partial charge < -0.3 is 4.90 Å². The van der Waals surface area contributed by atoms with Crippen LogP contribution in [0.5, 0.6) is 0 Å². The van der Waals surface area contributed by atoms with E-state index < -0.39 is 0 Å². The summed E-state index contributed by atoms with van der Waals surface area (Å²) in [6, 6.07) is 62.2. The molecule has 0 spiro atoms. The van der Waals surface area contributed by atoms with Gasteiger partial charge in [-0.05, 0) is 145 Å². The number of anilines is 3. The summed E-state index contributed by atoms with van der Waals surface area (Å²) in [5, 5.41) is 0. The smallest absolute Gasteiger partial charge is 0.0464 e. The zero-order chi connectivity index (χ0) is 38.3. The molecule has 8 rings (SSSR count). The standard InChI is InChI=1S/C55H49N/c1-40-16-26-47(27-17-40)54(46-12-5-4-6-13-46)15-9-10-43-22-33-51(34-23-43)56(53-37-32-45-11-7-8-14-50(45)39-53)52-35-24-44(25-36-52)38-55(48-28-18-41(2)19-29-48)49-30-20-42(3)21-31-49/h4-6,9-10,12-13,15-39H,7-8,11,14H2,1-3H3/b10-9+,54-15+. The van der Waals surface area contributed by atoms with Crippen molar-refractivity contribution in [2.45, 2.75) is 46.5 Å². The van der Waals surface area contributed by atoms with E-state index in [9.17, 15) is 0 Å². The van der Waals surface area contributed by atoms with Crippen LogP contribution in [-0.2, 0) is 12.8 Å². The summed E-state index contributed by atoms with van der Waals surface area (Å²) in [5.41, 5.74) is 19.9. The summed E-state index contributed by atoms with van der Waals surface area (Å²) in [6.07, 6.45) is 13.8. The summed E-state index contributed by atoms with van der Waals surface area (Å²) in [6.45, 7) is 6.42. The molecule has 0 atom stereocenters. The minimum absolute atomic E-state index is 1.14. The van der Waals surface area contributed by atoms with Gasteiger partial charge in [-0.1, -0.05) is 168 Å². The quantitative estimate of drug-likeness (QED) is 0.100. The van der Waals surface area contributed by atoms with E-state index in [4.69, 9.17) is 0 Å². The monoisotopic (exact) mass is 723 g/mol. The lowest BCUT2D eigenvalue weighted by molar-refractivity contribution is 0.685. The van der Waals surface area contributed by atoms with Crippen LogP contribution in [0.25, 0.3) is 23.3 Å². The molecule has 0 saturated heterocycles. The van der Waals surface area contributed by atoms with E-state index in [1.807, 2.05) is 0 Å². The molecule has 0 N–H and O–H groups in total. The lowest BCUT2D eigenvalue weighted by Crippen LogP contribution is -2.12. The van der Waals surface area contributed by atoms with Crippen molar-refractivity contribution in [3.8, 4) is 0 Å². The third-order valence-corrected chi connectivity index (χ3v) is 10.9. The predicted molar refractivity (Wildman–Crippen MR) is 241 cm³/mol. The van der Waals surface area contributed by atoms with Gasteiger partial charge in [0.15, 0.2) is 0 Å². The first kappa shape index (κ1) is 36.5. The first-order valence-electron chi connectivity index (χ1n) is 20.0. The average molecular weight is 724 g/mol. The third kappa shape index (κ3) is 8.59. The van der Waals surface area contributed by atoms with E-state index >= 15 is 0 Å². The van der Waals surface area contributed by atoms with Crippen LogP contribution in [0, 0.1) is 20.8 Å². The number of rotatable bonds is 10. The second kappa shape index (κ2) is 16.9. The fraction of sp³-hybridized carbons (Fsp3) is 0.127. The number of nitrogens with zero attached hydrogens (tertiary/aromatic N) is 1. The summed E-state index contributed by atoms with van der Waals surface area (Å²) >= 11 is 0. The van der Waals surface area contributed by atoms with Gasteiger partial charge >= 0.3 is 0 Å². The molecule has 0 heterocycles. The molecule has 56 heavy (non-hydrogen) atoms. The maximum Gasteiger partial charge on any atom is 0.0464 e. The van der Waals surface area contributed by atoms with Crippen LogP contribution in [0.4, 0.5) is 17.1 Å². The summed E-state index contributed by atoms with van der Waals surface area (Å²) in [5.74, 6) is 0. The van der Waals surface area contributed by atoms with Crippen molar-refractivity contribution in [1.82, 2.24) is 0 Å². The normalized spacial score (nSPS) is 12.7. The van der Waals surface area contributed by atoms with Crippen molar-refractivity contribution >= 4 is 40.4 Å². The fourth-order valence-electron chi connectivity index (χ4n) is 7.69. The van der Waals surface area contributed by atoms with Crippen LogP contribution in [0.1, 0.15) is 74.0 Å². The Balaban J connectivity index is 1.12. The molecule has 1 heteroatoms. The fourth-order valence-corrected chi connectivity index (χ4v) is 7.69. The molecule has 0 fully saturated rings. The van der Waals surface area contributed by atoms with Gasteiger partial charge in [0.25, 0.3) is 0 Å². The minimum atomic E-state index is 1.14. The van der Waals surface area contributed by atoms with E-state index in [0.717, 1.165) is 23.4 Å². The number of fused-ring (bicyclic) bond motifs is 1. The van der Waals surface area contributed by atoms with Crippen LogP contribution in [0.15, 0.2) is 182 Å². The zero-order valence-electron chi connectivity index (χ0n) is 32.8. The maximum absolute atomic E-state index is 2.42. The van der Waals surface area contributed by atoms with Gasteiger partial charge in [-0.3, -0.25) is 0 Å². The molecule has 7 aromatic rings. The Kier molecular flexibility index (Phi) is 11.0. The topological polar surface area (TPSA) is 3.24 Å². The Hall–Kier alpha value is -6.44. The maximum atomic E-state index is 2.42. The largest absolute Gasteiger partial charge is 0.310 e. The van der Waals surface area contributed by atoms with Crippen molar-refractivity contribution in [2.24, 2.45) is 0 Å². The van der Waals surface area contributed by atoms with Crippen LogP contribution in [-0.4, -0.2) is 0 Å². The number of hydrogen-bond acceptors (Lipinski definition) is 1. The highest BCUT2D eigenvalue weighted by Gasteiger charge is 2.17. The molecular formula is C55H49N. The van der Waals surface area contributed by atoms with Crippen LogP contribution >= 0.6 is 0 Å². The molecule has 1 aliphatic carbocycles. The minimum Gasteiger partial charge on any atom is -0.310 e. The van der Waals surface area contributed by atoms with Crippen LogP contribution < -0.4 is 4.90 Å². The van der Waals surface area contributed by atoms with E-state index in [1.165, 1.54) is 91.7 Å². The number of hydrogen-bond donors (Lipinski definition) is 0. The van der Waals surface area contributed by atoms with Crippen molar-refractivity contribution in [3.63, 3.8) is 0 Å². The van der Waals surface area contributed by atoms with Gasteiger partial charge in [-0.25, -0.2) is 0 Å². The summed E-state index contributed by atoms with van der Waals surface area (Å²) < 4.78 is 0. The molecule has 274 valence electrons. The molecule has 0 aromatic heterocycles. The van der Waals surface area contributed by atoms with Gasteiger partial charge in [-0.15, -0.1) is 0 Å². The van der Waals surface area contributed by atoms with Crippen LogP contribution in [0.2, 0.25) is 0 Å². The number of allylic oxidation sites excluding steroid dienone is 2. The predicted octanol–water partition coefficient (Wildman–Crippen LogP) is 14.7. The molecule has 7 aromatic carbocycles. The Bertz CT molecular complexity index is 2430. The van der Waals surface area contributed by atoms with Crippen LogP contribution in [0.3, 0.4) is 0 Å². The van der Waals surface area contributed by atoms with Gasteiger partial charge in [0.2, 0.25) is 0 Å². The number of aryl methyl sites for hydroxylation is 5. The van der Waals surface area contributed by atoms with Crippen molar-refractivity contribution in [3.05, 3.63) is 243 Å². The van der Waals surface area contributed by atoms with Crippen molar-refractivity contribution < 1.29 is 0 Å². The highest BCUT2D eigenvalue weighted by atomic mass is 15.1. The molecule has 0 saturated carbocycles. The van der Waals surface area contributed by atoms with E-state index in [1.54, 1.807) is 0 Å². The second-order valence-corrected chi connectivity index (χ2v) is 15.1. The molecule has 0 aliphatic heterocycles. The molecule has 0 unspecified atom stereocenters. The second-order valence-electron chi connectivity index (χ2n) is 15.1. The first-order chi connectivity index (χ1) is 27.5. The Morgan fingerprint density at radius 1 is 0.429 bits per heavy atom. The Labute approximate surface area is 333 Å². The Morgan fingerprint density at radius 3 is 1.45 bits per heavy atom. The van der Waals surface area contributed by atoms with Crippen molar-refractivity contribution in [1.29, 1.82) is 0 Å². The lowest BCUT2D eigenvalue weighted by Gasteiger charge is -2.27. The SMILES string of the molecule is Cc1ccc(C(=Cc2ccc(N(c3ccc(/C=C/C=C(\c4ccccc4)c4ccc(C)cc4)cc3)c3ccc4c(c3)CCCC4)cc2)c2ccc(C)cc2)cc1. The highest BCUT2D eigenvalue weighted by Crippen LogP contribution is 2.38. The molecule has 0 radical (unpaired) electrons. The molecule has 0 bridgehead atoms.